The van der Waals surface area contributed by atoms with Gasteiger partial charge in [0.1, 0.15) is 5.84 Å². The molecule has 0 aliphatic carbocycles. The molecule has 1 aromatic rings. The van der Waals surface area contributed by atoms with Crippen LogP contribution in [0.5, 0.6) is 0 Å². The normalized spacial score (nSPS) is 19.6. The second-order valence-corrected chi connectivity index (χ2v) is 4.62. The standard InChI is InChI=1S/C13H18N4/c1-9-8-12(14)15-16-13(9)10-4-6-11(7-5-10)17(2)3/h4-7,9H,8H2,1-3H3,(H2,14,15). The Morgan fingerprint density at radius 2 is 1.82 bits per heavy atom. The number of nitrogens with zero attached hydrogens (tertiary/aromatic N) is 3. The molecule has 0 bridgehead atoms. The number of hydrogen-bond donors (Lipinski definition) is 1. The number of rotatable bonds is 2. The number of hydrogen-bond acceptors (Lipinski definition) is 4. The Labute approximate surface area is 102 Å². The molecule has 0 aromatic heterocycles. The maximum atomic E-state index is 5.67. The molecule has 1 unspecified atom stereocenters. The van der Waals surface area contributed by atoms with E-state index in [1.165, 1.54) is 5.69 Å². The highest BCUT2D eigenvalue weighted by Gasteiger charge is 2.18. The topological polar surface area (TPSA) is 54.0 Å². The zero-order chi connectivity index (χ0) is 12.4. The third kappa shape index (κ3) is 2.46. The van der Waals surface area contributed by atoms with Crippen molar-refractivity contribution in [3.63, 3.8) is 0 Å². The monoisotopic (exact) mass is 230 g/mol. The molecule has 1 aliphatic rings. The Hall–Kier alpha value is -1.84. The summed E-state index contributed by atoms with van der Waals surface area (Å²) in [5.74, 6) is 0.948. The predicted octanol–water partition coefficient (Wildman–Crippen LogP) is 1.85. The van der Waals surface area contributed by atoms with E-state index in [0.717, 1.165) is 17.7 Å². The molecule has 0 saturated heterocycles. The van der Waals surface area contributed by atoms with Crippen molar-refractivity contribution >= 4 is 17.2 Å². The average Bonchev–Trinajstić information content (AvgIpc) is 2.29. The van der Waals surface area contributed by atoms with Gasteiger partial charge in [-0.1, -0.05) is 19.1 Å². The maximum Gasteiger partial charge on any atom is 0.123 e. The van der Waals surface area contributed by atoms with Crippen LogP contribution in [0.2, 0.25) is 0 Å². The number of benzene rings is 1. The summed E-state index contributed by atoms with van der Waals surface area (Å²) >= 11 is 0. The SMILES string of the molecule is CC1CC(N)=NN=C1c1ccc(N(C)C)cc1. The van der Waals surface area contributed by atoms with Crippen molar-refractivity contribution in [3.8, 4) is 0 Å². The molecule has 1 aliphatic heterocycles. The third-order valence-electron chi connectivity index (χ3n) is 2.95. The molecule has 1 atom stereocenters. The van der Waals surface area contributed by atoms with Crippen LogP contribution in [0.1, 0.15) is 18.9 Å². The predicted molar refractivity (Wildman–Crippen MR) is 72.7 cm³/mol. The largest absolute Gasteiger partial charge is 0.386 e. The molecule has 90 valence electrons. The van der Waals surface area contributed by atoms with Crippen molar-refractivity contribution in [1.82, 2.24) is 0 Å². The van der Waals surface area contributed by atoms with Crippen LogP contribution in [-0.4, -0.2) is 25.6 Å². The van der Waals surface area contributed by atoms with Crippen molar-refractivity contribution in [2.75, 3.05) is 19.0 Å². The summed E-state index contributed by atoms with van der Waals surface area (Å²) in [7, 11) is 4.06. The van der Waals surface area contributed by atoms with E-state index in [1.807, 2.05) is 14.1 Å². The van der Waals surface area contributed by atoms with Crippen molar-refractivity contribution in [1.29, 1.82) is 0 Å². The van der Waals surface area contributed by atoms with Gasteiger partial charge in [-0.15, -0.1) is 5.10 Å². The molecule has 4 heteroatoms. The Bertz CT molecular complexity index is 457. The van der Waals surface area contributed by atoms with Gasteiger partial charge in [0, 0.05) is 32.1 Å². The molecule has 2 N–H and O–H groups in total. The summed E-state index contributed by atoms with van der Waals surface area (Å²) in [5, 5.41) is 8.17. The fraction of sp³-hybridized carbons (Fsp3) is 0.385. The zero-order valence-electron chi connectivity index (χ0n) is 10.5. The van der Waals surface area contributed by atoms with Crippen LogP contribution in [-0.2, 0) is 0 Å². The van der Waals surface area contributed by atoms with E-state index < -0.39 is 0 Å². The molecule has 0 spiro atoms. The van der Waals surface area contributed by atoms with Crippen LogP contribution >= 0.6 is 0 Å². The van der Waals surface area contributed by atoms with Gasteiger partial charge in [-0.3, -0.25) is 0 Å². The molecule has 0 saturated carbocycles. The van der Waals surface area contributed by atoms with Crippen LogP contribution in [0.15, 0.2) is 34.5 Å². The number of nitrogens with two attached hydrogens (primary N) is 1. The van der Waals surface area contributed by atoms with E-state index in [-0.39, 0.29) is 0 Å². The van der Waals surface area contributed by atoms with Gasteiger partial charge in [0.05, 0.1) is 5.71 Å². The van der Waals surface area contributed by atoms with Crippen LogP contribution in [0, 0.1) is 5.92 Å². The van der Waals surface area contributed by atoms with E-state index in [4.69, 9.17) is 5.73 Å². The van der Waals surface area contributed by atoms with E-state index in [0.29, 0.717) is 11.8 Å². The fourth-order valence-electron chi connectivity index (χ4n) is 1.94. The molecular weight excluding hydrogens is 212 g/mol. The van der Waals surface area contributed by atoms with Gasteiger partial charge in [0.25, 0.3) is 0 Å². The maximum absolute atomic E-state index is 5.67. The van der Waals surface area contributed by atoms with Gasteiger partial charge >= 0.3 is 0 Å². The van der Waals surface area contributed by atoms with Gasteiger partial charge in [-0.05, 0) is 17.7 Å². The summed E-state index contributed by atoms with van der Waals surface area (Å²) in [6.07, 6.45) is 0.786. The first kappa shape index (κ1) is 11.6. The Kier molecular flexibility index (Phi) is 3.13. The first-order valence-electron chi connectivity index (χ1n) is 5.75. The summed E-state index contributed by atoms with van der Waals surface area (Å²) in [6.45, 7) is 2.13. The summed E-state index contributed by atoms with van der Waals surface area (Å²) in [4.78, 5) is 2.08. The minimum absolute atomic E-state index is 0.331. The van der Waals surface area contributed by atoms with E-state index in [9.17, 15) is 0 Å². The minimum Gasteiger partial charge on any atom is -0.386 e. The smallest absolute Gasteiger partial charge is 0.123 e. The first-order chi connectivity index (χ1) is 8.08. The van der Waals surface area contributed by atoms with Crippen LogP contribution in [0.3, 0.4) is 0 Å². The van der Waals surface area contributed by atoms with Crippen molar-refractivity contribution in [2.24, 2.45) is 21.9 Å². The second-order valence-electron chi connectivity index (χ2n) is 4.62. The van der Waals surface area contributed by atoms with Crippen LogP contribution < -0.4 is 10.6 Å². The van der Waals surface area contributed by atoms with Crippen molar-refractivity contribution in [3.05, 3.63) is 29.8 Å². The second kappa shape index (κ2) is 4.57. The van der Waals surface area contributed by atoms with Gasteiger partial charge in [0.2, 0.25) is 0 Å². The van der Waals surface area contributed by atoms with E-state index in [1.54, 1.807) is 0 Å². The summed E-state index contributed by atoms with van der Waals surface area (Å²) in [5.41, 5.74) is 8.99. The lowest BCUT2D eigenvalue weighted by Gasteiger charge is -2.18. The molecule has 1 aromatic carbocycles. The lowest BCUT2D eigenvalue weighted by molar-refractivity contribution is 0.783. The lowest BCUT2D eigenvalue weighted by atomic mass is 9.94. The lowest BCUT2D eigenvalue weighted by Crippen LogP contribution is -2.25. The van der Waals surface area contributed by atoms with Gasteiger partial charge < -0.3 is 10.6 Å². The zero-order valence-corrected chi connectivity index (χ0v) is 10.5. The van der Waals surface area contributed by atoms with Crippen molar-refractivity contribution in [2.45, 2.75) is 13.3 Å². The molecule has 0 radical (unpaired) electrons. The average molecular weight is 230 g/mol. The van der Waals surface area contributed by atoms with Gasteiger partial charge in [-0.2, -0.15) is 5.10 Å². The minimum atomic E-state index is 0.331. The molecular formula is C13H18N4. The first-order valence-corrected chi connectivity index (χ1v) is 5.75. The molecule has 4 nitrogen and oxygen atoms in total. The van der Waals surface area contributed by atoms with E-state index in [2.05, 4.69) is 46.3 Å². The highest BCUT2D eigenvalue weighted by Crippen LogP contribution is 2.19. The quantitative estimate of drug-likeness (QED) is 0.843. The third-order valence-corrected chi connectivity index (χ3v) is 2.95. The summed E-state index contributed by atoms with van der Waals surface area (Å²) in [6, 6.07) is 8.35. The molecule has 17 heavy (non-hydrogen) atoms. The summed E-state index contributed by atoms with van der Waals surface area (Å²) < 4.78 is 0. The van der Waals surface area contributed by atoms with Gasteiger partial charge in [0.15, 0.2) is 0 Å². The Balaban J connectivity index is 2.29. The van der Waals surface area contributed by atoms with Gasteiger partial charge in [-0.25, -0.2) is 0 Å². The Morgan fingerprint density at radius 3 is 2.35 bits per heavy atom. The van der Waals surface area contributed by atoms with Crippen LogP contribution in [0.25, 0.3) is 0 Å². The Morgan fingerprint density at radius 1 is 1.18 bits per heavy atom. The highest BCUT2D eigenvalue weighted by atomic mass is 15.2. The molecule has 1 heterocycles. The van der Waals surface area contributed by atoms with Crippen molar-refractivity contribution < 1.29 is 0 Å². The van der Waals surface area contributed by atoms with E-state index >= 15 is 0 Å². The molecule has 2 rings (SSSR count). The number of amidine groups is 1. The van der Waals surface area contributed by atoms with Crippen LogP contribution in [0.4, 0.5) is 5.69 Å². The fourth-order valence-corrected chi connectivity index (χ4v) is 1.94. The number of anilines is 1. The molecule has 0 amide bonds. The highest BCUT2D eigenvalue weighted by molar-refractivity contribution is 6.05. The molecule has 0 fully saturated rings.